The zero-order chi connectivity index (χ0) is 33.4. The van der Waals surface area contributed by atoms with Crippen molar-refractivity contribution < 1.29 is 18.0 Å². The van der Waals surface area contributed by atoms with Crippen molar-refractivity contribution >= 4 is 62.3 Å². The highest BCUT2D eigenvalue weighted by Crippen LogP contribution is 2.30. The Bertz CT molecular complexity index is 1760. The normalized spacial score (nSPS) is 12.0. The summed E-state index contributed by atoms with van der Waals surface area (Å²) in [5.41, 5.74) is 3.38. The van der Waals surface area contributed by atoms with E-state index in [2.05, 4.69) is 5.32 Å². The molecule has 7 nitrogen and oxygen atoms in total. The van der Waals surface area contributed by atoms with E-state index in [0.29, 0.717) is 39.3 Å². The number of anilines is 1. The van der Waals surface area contributed by atoms with Crippen molar-refractivity contribution in [2.75, 3.05) is 17.4 Å². The molecule has 2 amide bonds. The first-order valence-corrected chi connectivity index (χ1v) is 17.4. The Morgan fingerprint density at radius 3 is 2.09 bits per heavy atom. The average Bonchev–Trinajstić information content (AvgIpc) is 3.03. The molecule has 4 aromatic rings. The molecule has 0 aliphatic carbocycles. The van der Waals surface area contributed by atoms with Crippen LogP contribution in [-0.2, 0) is 32.6 Å². The number of amides is 2. The Hall–Kier alpha value is -3.56. The van der Waals surface area contributed by atoms with Crippen molar-refractivity contribution in [3.63, 3.8) is 0 Å². The highest BCUT2D eigenvalue weighted by atomic mass is 35.5. The molecule has 11 heteroatoms. The van der Waals surface area contributed by atoms with Crippen molar-refractivity contribution in [3.05, 3.63) is 128 Å². The summed E-state index contributed by atoms with van der Waals surface area (Å²) < 4.78 is 29.4. The van der Waals surface area contributed by atoms with Gasteiger partial charge in [0.25, 0.3) is 10.0 Å². The highest BCUT2D eigenvalue weighted by Gasteiger charge is 2.35. The van der Waals surface area contributed by atoms with Crippen LogP contribution in [0.25, 0.3) is 0 Å². The smallest absolute Gasteiger partial charge is 0.264 e. The Morgan fingerprint density at radius 2 is 1.48 bits per heavy atom. The third-order valence-electron chi connectivity index (χ3n) is 7.67. The number of sulfonamides is 1. The minimum absolute atomic E-state index is 0.0369. The summed E-state index contributed by atoms with van der Waals surface area (Å²) in [6, 6.07) is 24.3. The minimum Gasteiger partial charge on any atom is -0.354 e. The predicted octanol–water partition coefficient (Wildman–Crippen LogP) is 7.63. The topological polar surface area (TPSA) is 86.8 Å². The summed E-state index contributed by atoms with van der Waals surface area (Å²) >= 11 is 19.2. The lowest BCUT2D eigenvalue weighted by molar-refractivity contribution is -0.140. The fourth-order valence-electron chi connectivity index (χ4n) is 4.92. The van der Waals surface area contributed by atoms with Gasteiger partial charge in [0.15, 0.2) is 0 Å². The Kier molecular flexibility index (Phi) is 12.1. The summed E-state index contributed by atoms with van der Waals surface area (Å²) in [4.78, 5) is 29.7. The van der Waals surface area contributed by atoms with Gasteiger partial charge in [-0.1, -0.05) is 84.2 Å². The van der Waals surface area contributed by atoms with Gasteiger partial charge >= 0.3 is 0 Å². The molecule has 4 aromatic carbocycles. The van der Waals surface area contributed by atoms with Gasteiger partial charge in [0, 0.05) is 40.1 Å². The first kappa shape index (κ1) is 35.3. The molecule has 0 heterocycles. The predicted molar refractivity (Wildman–Crippen MR) is 186 cm³/mol. The van der Waals surface area contributed by atoms with E-state index in [1.54, 1.807) is 36.4 Å². The van der Waals surface area contributed by atoms with Crippen LogP contribution in [0.1, 0.15) is 35.6 Å². The maximum absolute atomic E-state index is 14.6. The summed E-state index contributed by atoms with van der Waals surface area (Å²) in [6.07, 6.45) is 0.867. The zero-order valence-corrected chi connectivity index (χ0v) is 28.9. The van der Waals surface area contributed by atoms with Gasteiger partial charge in [-0.25, -0.2) is 8.42 Å². The number of carbonyl (C=O) groups excluding carboxylic acids is 2. The van der Waals surface area contributed by atoms with Gasteiger partial charge in [-0.15, -0.1) is 0 Å². The zero-order valence-electron chi connectivity index (χ0n) is 25.8. The second-order valence-corrected chi connectivity index (χ2v) is 14.1. The lowest BCUT2D eigenvalue weighted by Crippen LogP contribution is -2.53. The van der Waals surface area contributed by atoms with E-state index in [9.17, 15) is 18.0 Å². The van der Waals surface area contributed by atoms with Crippen LogP contribution in [0, 0.1) is 13.8 Å². The molecule has 0 spiro atoms. The number of rotatable bonds is 13. The molecular formula is C35H36Cl3N3O4S. The van der Waals surface area contributed by atoms with Crippen LogP contribution in [0.3, 0.4) is 0 Å². The van der Waals surface area contributed by atoms with E-state index < -0.39 is 28.5 Å². The molecule has 0 radical (unpaired) electrons. The van der Waals surface area contributed by atoms with E-state index in [0.717, 1.165) is 21.0 Å². The second-order valence-electron chi connectivity index (χ2n) is 11.0. The van der Waals surface area contributed by atoms with Crippen LogP contribution in [0.15, 0.2) is 95.9 Å². The molecule has 0 unspecified atom stereocenters. The maximum atomic E-state index is 14.6. The van der Waals surface area contributed by atoms with E-state index in [4.69, 9.17) is 34.8 Å². The van der Waals surface area contributed by atoms with Crippen LogP contribution >= 0.6 is 34.8 Å². The summed E-state index contributed by atoms with van der Waals surface area (Å²) in [7, 11) is -4.26. The van der Waals surface area contributed by atoms with Gasteiger partial charge in [-0.3, -0.25) is 13.9 Å². The first-order valence-electron chi connectivity index (χ1n) is 14.8. The van der Waals surface area contributed by atoms with Gasteiger partial charge < -0.3 is 10.2 Å². The number of halogens is 3. The molecule has 0 saturated heterocycles. The molecular weight excluding hydrogens is 665 g/mol. The van der Waals surface area contributed by atoms with Crippen LogP contribution in [0.4, 0.5) is 5.69 Å². The van der Waals surface area contributed by atoms with Gasteiger partial charge in [0.05, 0.1) is 10.6 Å². The SMILES string of the molecule is CCCNC(=O)[C@@H](Cc1ccccc1)N(Cc1c(Cl)cccc1Cl)C(=O)CN(c1ccc(C)c(C)c1)S(=O)(=O)c1ccc(Cl)cc1. The van der Waals surface area contributed by atoms with Crippen LogP contribution < -0.4 is 9.62 Å². The minimum atomic E-state index is -4.26. The lowest BCUT2D eigenvalue weighted by Gasteiger charge is -2.34. The maximum Gasteiger partial charge on any atom is 0.264 e. The quantitative estimate of drug-likeness (QED) is 0.156. The third-order valence-corrected chi connectivity index (χ3v) is 10.4. The standard InChI is InChI=1S/C35H36Cl3N3O4S/c1-4-19-39-35(43)33(21-26-9-6-5-7-10-26)40(22-30-31(37)11-8-12-32(30)38)34(42)23-41(28-16-13-24(2)25(3)20-28)46(44,45)29-17-14-27(36)15-18-29/h5-18,20,33H,4,19,21-23H2,1-3H3,(H,39,43)/t33-/m1/s1. The monoisotopic (exact) mass is 699 g/mol. The Morgan fingerprint density at radius 1 is 0.826 bits per heavy atom. The van der Waals surface area contributed by atoms with Gasteiger partial charge in [-0.05, 0) is 85.5 Å². The van der Waals surface area contributed by atoms with Crippen molar-refractivity contribution in [2.45, 2.75) is 51.1 Å². The Labute approximate surface area is 286 Å². The molecule has 242 valence electrons. The number of nitrogens with one attached hydrogen (secondary N) is 1. The molecule has 46 heavy (non-hydrogen) atoms. The van der Waals surface area contributed by atoms with E-state index in [1.165, 1.54) is 29.2 Å². The molecule has 0 fully saturated rings. The van der Waals surface area contributed by atoms with Crippen molar-refractivity contribution in [3.8, 4) is 0 Å². The van der Waals surface area contributed by atoms with Gasteiger partial charge in [0.1, 0.15) is 12.6 Å². The molecule has 0 aliphatic rings. The van der Waals surface area contributed by atoms with Crippen molar-refractivity contribution in [2.24, 2.45) is 0 Å². The molecule has 0 bridgehead atoms. The lowest BCUT2D eigenvalue weighted by atomic mass is 10.0. The van der Waals surface area contributed by atoms with Crippen LogP contribution in [-0.4, -0.2) is 44.3 Å². The van der Waals surface area contributed by atoms with Crippen molar-refractivity contribution in [1.29, 1.82) is 0 Å². The molecule has 1 N–H and O–H groups in total. The number of aryl methyl sites for hydroxylation is 2. The number of nitrogens with zero attached hydrogens (tertiary/aromatic N) is 2. The average molecular weight is 701 g/mol. The van der Waals surface area contributed by atoms with Crippen molar-refractivity contribution in [1.82, 2.24) is 10.2 Å². The summed E-state index contributed by atoms with van der Waals surface area (Å²) in [5, 5.41) is 3.93. The fraction of sp³-hybridized carbons (Fsp3) is 0.257. The third kappa shape index (κ3) is 8.62. The van der Waals surface area contributed by atoms with E-state index in [-0.39, 0.29) is 23.8 Å². The first-order chi connectivity index (χ1) is 21.9. The fourth-order valence-corrected chi connectivity index (χ4v) is 6.97. The van der Waals surface area contributed by atoms with Crippen LogP contribution in [0.5, 0.6) is 0 Å². The highest BCUT2D eigenvalue weighted by molar-refractivity contribution is 7.92. The van der Waals surface area contributed by atoms with E-state index >= 15 is 0 Å². The summed E-state index contributed by atoms with van der Waals surface area (Å²) in [6.45, 7) is 5.40. The molecule has 1 atom stereocenters. The van der Waals surface area contributed by atoms with E-state index in [1.807, 2.05) is 51.1 Å². The molecule has 4 rings (SSSR count). The number of benzene rings is 4. The second kappa shape index (κ2) is 15.8. The van der Waals surface area contributed by atoms with Crippen LogP contribution in [0.2, 0.25) is 15.1 Å². The number of hydrogen-bond donors (Lipinski definition) is 1. The number of carbonyl (C=O) groups is 2. The molecule has 0 saturated carbocycles. The molecule has 0 aliphatic heterocycles. The largest absolute Gasteiger partial charge is 0.354 e. The Balaban J connectivity index is 1.85. The van der Waals surface area contributed by atoms with Gasteiger partial charge in [0.2, 0.25) is 11.8 Å². The van der Waals surface area contributed by atoms with Gasteiger partial charge in [-0.2, -0.15) is 0 Å². The summed E-state index contributed by atoms with van der Waals surface area (Å²) in [5.74, 6) is -0.986. The molecule has 0 aromatic heterocycles. The number of hydrogen-bond acceptors (Lipinski definition) is 4.